The number of benzene rings is 2. The molecule has 0 bridgehead atoms. The highest BCUT2D eigenvalue weighted by Crippen LogP contribution is 2.29. The number of alkyl halides is 3. The van der Waals surface area contributed by atoms with Gasteiger partial charge in [0.2, 0.25) is 0 Å². The largest absolute Gasteiger partial charge is 0.416 e. The zero-order valence-corrected chi connectivity index (χ0v) is 14.1. The Labute approximate surface area is 155 Å². The Kier molecular flexibility index (Phi) is 5.07. The second-order valence-corrected chi connectivity index (χ2v) is 5.68. The second kappa shape index (κ2) is 7.47. The maximum atomic E-state index is 12.6. The van der Waals surface area contributed by atoms with Crippen molar-refractivity contribution in [3.05, 3.63) is 81.9 Å². The van der Waals surface area contributed by atoms with E-state index in [4.69, 9.17) is 0 Å². The van der Waals surface area contributed by atoms with Crippen molar-refractivity contribution in [3.63, 3.8) is 0 Å². The number of halogens is 3. The lowest BCUT2D eigenvalue weighted by Gasteiger charge is -2.09. The van der Waals surface area contributed by atoms with Crippen LogP contribution in [0.3, 0.4) is 0 Å². The molecule has 0 spiro atoms. The summed E-state index contributed by atoms with van der Waals surface area (Å²) in [5.41, 5.74) is -0.506. The molecule has 1 N–H and O–H groups in total. The Hall–Kier alpha value is -3.76. The second-order valence-electron chi connectivity index (χ2n) is 5.68. The van der Waals surface area contributed by atoms with Crippen molar-refractivity contribution in [1.82, 2.24) is 20.1 Å². The minimum Gasteiger partial charge on any atom is -0.348 e. The van der Waals surface area contributed by atoms with Gasteiger partial charge in [-0.25, -0.2) is 9.67 Å². The zero-order chi connectivity index (χ0) is 20.3. The summed E-state index contributed by atoms with van der Waals surface area (Å²) in [6.07, 6.45) is -1.94. The highest BCUT2D eigenvalue weighted by molar-refractivity contribution is 5.95. The van der Waals surface area contributed by atoms with Gasteiger partial charge in [0.15, 0.2) is 0 Å². The molecule has 0 saturated heterocycles. The van der Waals surface area contributed by atoms with E-state index in [-0.39, 0.29) is 23.5 Å². The summed E-state index contributed by atoms with van der Waals surface area (Å²) in [6, 6.07) is 8.17. The van der Waals surface area contributed by atoms with E-state index in [0.29, 0.717) is 5.56 Å². The number of amides is 1. The van der Waals surface area contributed by atoms with E-state index in [1.165, 1.54) is 41.6 Å². The first-order chi connectivity index (χ1) is 13.3. The van der Waals surface area contributed by atoms with Crippen molar-refractivity contribution in [2.75, 3.05) is 0 Å². The normalized spacial score (nSPS) is 11.2. The van der Waals surface area contributed by atoms with E-state index in [1.807, 2.05) is 0 Å². The van der Waals surface area contributed by atoms with Crippen LogP contribution in [0, 0.1) is 10.1 Å². The van der Waals surface area contributed by atoms with Crippen LogP contribution in [0.4, 0.5) is 18.9 Å². The molecule has 28 heavy (non-hydrogen) atoms. The molecule has 0 aliphatic heterocycles. The molecule has 8 nitrogen and oxygen atoms in total. The molecule has 0 saturated carbocycles. The monoisotopic (exact) mass is 391 g/mol. The van der Waals surface area contributed by atoms with E-state index in [1.54, 1.807) is 0 Å². The molecule has 11 heteroatoms. The van der Waals surface area contributed by atoms with Crippen LogP contribution in [0.5, 0.6) is 0 Å². The molecule has 1 aromatic heterocycles. The molecule has 1 amide bonds. The topological polar surface area (TPSA) is 103 Å². The van der Waals surface area contributed by atoms with Crippen molar-refractivity contribution in [2.24, 2.45) is 0 Å². The number of nitrogens with one attached hydrogen (secondary N) is 1. The van der Waals surface area contributed by atoms with Crippen LogP contribution >= 0.6 is 0 Å². The average Bonchev–Trinajstić information content (AvgIpc) is 3.19. The third kappa shape index (κ3) is 4.14. The van der Waals surface area contributed by atoms with Gasteiger partial charge in [-0.3, -0.25) is 14.9 Å². The predicted molar refractivity (Wildman–Crippen MR) is 90.6 cm³/mol. The number of rotatable bonds is 5. The molecule has 3 rings (SSSR count). The fourth-order valence-corrected chi connectivity index (χ4v) is 2.43. The SMILES string of the molecule is O=C(NCc1ccc(C(F)(F)F)cc1)c1ccc(-n2cncn2)c([N+](=O)[O-])c1. The van der Waals surface area contributed by atoms with Gasteiger partial charge in [-0.2, -0.15) is 18.3 Å². The average molecular weight is 391 g/mol. The van der Waals surface area contributed by atoms with Gasteiger partial charge < -0.3 is 5.32 Å². The molecular formula is C17H12F3N5O3. The Morgan fingerprint density at radius 2 is 1.89 bits per heavy atom. The summed E-state index contributed by atoms with van der Waals surface area (Å²) in [6.45, 7) is -0.0321. The number of nitro groups is 1. The fourth-order valence-electron chi connectivity index (χ4n) is 2.43. The van der Waals surface area contributed by atoms with Gasteiger partial charge in [-0.15, -0.1) is 0 Å². The van der Waals surface area contributed by atoms with E-state index in [2.05, 4.69) is 15.4 Å². The quantitative estimate of drug-likeness (QED) is 0.532. The lowest BCUT2D eigenvalue weighted by molar-refractivity contribution is -0.384. The summed E-state index contributed by atoms with van der Waals surface area (Å²) < 4.78 is 38.9. The molecule has 0 aliphatic rings. The number of nitro benzene ring substituents is 1. The van der Waals surface area contributed by atoms with Crippen LogP contribution in [0.1, 0.15) is 21.5 Å². The molecular weight excluding hydrogens is 379 g/mol. The number of nitrogens with zero attached hydrogens (tertiary/aromatic N) is 4. The van der Waals surface area contributed by atoms with Gasteiger partial charge in [0.25, 0.3) is 11.6 Å². The number of aromatic nitrogens is 3. The summed E-state index contributed by atoms with van der Waals surface area (Å²) in [7, 11) is 0. The van der Waals surface area contributed by atoms with Crippen LogP contribution in [0.2, 0.25) is 0 Å². The van der Waals surface area contributed by atoms with Gasteiger partial charge in [-0.1, -0.05) is 12.1 Å². The van der Waals surface area contributed by atoms with E-state index >= 15 is 0 Å². The Morgan fingerprint density at radius 3 is 2.46 bits per heavy atom. The standard InChI is InChI=1S/C17H12F3N5O3/c18-17(19,20)13-4-1-11(2-5-13)8-22-16(26)12-3-6-14(15(7-12)25(27)28)24-10-21-9-23-24/h1-7,9-10H,8H2,(H,22,26). The van der Waals surface area contributed by atoms with Crippen molar-refractivity contribution in [3.8, 4) is 5.69 Å². The zero-order valence-electron chi connectivity index (χ0n) is 14.1. The number of carbonyl (C=O) groups is 1. The first-order valence-corrected chi connectivity index (χ1v) is 7.83. The van der Waals surface area contributed by atoms with Crippen molar-refractivity contribution in [2.45, 2.75) is 12.7 Å². The number of hydrogen-bond donors (Lipinski definition) is 1. The molecule has 0 aliphatic carbocycles. The highest BCUT2D eigenvalue weighted by Gasteiger charge is 2.29. The highest BCUT2D eigenvalue weighted by atomic mass is 19.4. The Morgan fingerprint density at radius 1 is 1.18 bits per heavy atom. The summed E-state index contributed by atoms with van der Waals surface area (Å²) >= 11 is 0. The van der Waals surface area contributed by atoms with E-state index in [0.717, 1.165) is 18.2 Å². The van der Waals surface area contributed by atoms with Gasteiger partial charge in [0.1, 0.15) is 18.3 Å². The molecule has 3 aromatic rings. The maximum absolute atomic E-state index is 12.6. The molecule has 2 aromatic carbocycles. The molecule has 0 fully saturated rings. The summed E-state index contributed by atoms with van der Waals surface area (Å²) in [5, 5.41) is 17.6. The first-order valence-electron chi connectivity index (χ1n) is 7.83. The number of hydrogen-bond acceptors (Lipinski definition) is 5. The maximum Gasteiger partial charge on any atom is 0.416 e. The van der Waals surface area contributed by atoms with Crippen LogP contribution < -0.4 is 5.32 Å². The van der Waals surface area contributed by atoms with Gasteiger partial charge in [0.05, 0.1) is 10.5 Å². The molecule has 0 unspecified atom stereocenters. The molecule has 0 radical (unpaired) electrons. The molecule has 0 atom stereocenters. The summed E-state index contributed by atoms with van der Waals surface area (Å²) in [4.78, 5) is 26.6. The van der Waals surface area contributed by atoms with Crippen LogP contribution in [-0.4, -0.2) is 25.6 Å². The van der Waals surface area contributed by atoms with Gasteiger partial charge in [0, 0.05) is 18.2 Å². The molecule has 1 heterocycles. The Balaban J connectivity index is 1.74. The summed E-state index contributed by atoms with van der Waals surface area (Å²) in [5.74, 6) is -0.604. The van der Waals surface area contributed by atoms with E-state index in [9.17, 15) is 28.1 Å². The van der Waals surface area contributed by atoms with Crippen molar-refractivity contribution < 1.29 is 22.9 Å². The third-order valence-corrected chi connectivity index (χ3v) is 3.83. The Bertz CT molecular complexity index is 1000. The fraction of sp³-hybridized carbons (Fsp3) is 0.118. The van der Waals surface area contributed by atoms with Gasteiger partial charge in [-0.05, 0) is 29.8 Å². The number of carbonyl (C=O) groups excluding carboxylic acids is 1. The predicted octanol–water partition coefficient (Wildman–Crippen LogP) is 3.12. The lowest BCUT2D eigenvalue weighted by atomic mass is 10.1. The van der Waals surface area contributed by atoms with Crippen molar-refractivity contribution >= 4 is 11.6 Å². The first kappa shape index (κ1) is 19.0. The minimum absolute atomic E-state index is 0.0301. The van der Waals surface area contributed by atoms with E-state index < -0.39 is 22.6 Å². The minimum atomic E-state index is -4.44. The van der Waals surface area contributed by atoms with Crippen molar-refractivity contribution in [1.29, 1.82) is 0 Å². The van der Waals surface area contributed by atoms with Crippen LogP contribution in [0.25, 0.3) is 5.69 Å². The lowest BCUT2D eigenvalue weighted by Crippen LogP contribution is -2.23. The van der Waals surface area contributed by atoms with Crippen LogP contribution in [0.15, 0.2) is 55.1 Å². The van der Waals surface area contributed by atoms with Gasteiger partial charge >= 0.3 is 6.18 Å². The van der Waals surface area contributed by atoms with Crippen LogP contribution in [-0.2, 0) is 12.7 Å². The third-order valence-electron chi connectivity index (χ3n) is 3.83. The smallest absolute Gasteiger partial charge is 0.348 e. The molecule has 144 valence electrons.